The molecule has 0 atom stereocenters. The molecular weight excluding hydrogens is 492 g/mol. The summed E-state index contributed by atoms with van der Waals surface area (Å²) in [4.78, 5) is 18.8. The third kappa shape index (κ3) is 4.74. The minimum Gasteiger partial charge on any atom is -0.495 e. The van der Waals surface area contributed by atoms with Gasteiger partial charge in [-0.25, -0.2) is 22.7 Å². The van der Waals surface area contributed by atoms with E-state index in [9.17, 15) is 18.3 Å². The van der Waals surface area contributed by atoms with E-state index in [4.69, 9.17) is 9.47 Å². The fourth-order valence-electron chi connectivity index (χ4n) is 3.76. The average molecular weight is 523 g/mol. The molecule has 1 amide bonds. The Balaban J connectivity index is 1.69. The number of nitrogens with zero attached hydrogens (tertiary/aromatic N) is 4. The number of aliphatic hydroxyl groups is 1. The van der Waals surface area contributed by atoms with Crippen LogP contribution in [-0.2, 0) is 20.2 Å². The van der Waals surface area contributed by atoms with Gasteiger partial charge < -0.3 is 19.5 Å². The smallest absolute Gasteiger partial charge is 0.410 e. The number of carbonyl (C=O) groups excluding carboxylic acids is 1. The van der Waals surface area contributed by atoms with Crippen LogP contribution < -0.4 is 4.74 Å². The summed E-state index contributed by atoms with van der Waals surface area (Å²) in [5, 5.41) is 14.6. The standard InChI is InChI=1S/C23H30N4O6S2/c1-13-18(27-20(24-13)34-19(25-27)23(5,6)29)14-8-9-16(32-7)17(10-14)35(30,31)15-11-26(12-15)21(28)33-22(2,3)4/h8-10,15,29H,11-12H2,1-7H3. The summed E-state index contributed by atoms with van der Waals surface area (Å²) in [7, 11) is -2.40. The second kappa shape index (κ2) is 8.45. The van der Waals surface area contributed by atoms with E-state index in [1.165, 1.54) is 23.3 Å². The monoisotopic (exact) mass is 522 g/mol. The minimum atomic E-state index is -3.81. The first-order valence-electron chi connectivity index (χ1n) is 11.1. The number of aromatic nitrogens is 3. The van der Waals surface area contributed by atoms with E-state index < -0.39 is 32.4 Å². The van der Waals surface area contributed by atoms with Crippen molar-refractivity contribution in [3.8, 4) is 17.0 Å². The first-order valence-corrected chi connectivity index (χ1v) is 13.5. The number of amides is 1. The van der Waals surface area contributed by atoms with E-state index in [0.717, 1.165) is 0 Å². The van der Waals surface area contributed by atoms with Gasteiger partial charge in [0.2, 0.25) is 4.96 Å². The van der Waals surface area contributed by atoms with Crippen molar-refractivity contribution in [3.05, 3.63) is 28.9 Å². The molecule has 0 saturated carbocycles. The second-order valence-corrected chi connectivity index (χ2v) is 13.3. The fourth-order valence-corrected chi connectivity index (χ4v) is 6.54. The highest BCUT2D eigenvalue weighted by Crippen LogP contribution is 2.37. The Morgan fingerprint density at radius 3 is 2.43 bits per heavy atom. The molecule has 2 aromatic heterocycles. The largest absolute Gasteiger partial charge is 0.495 e. The summed E-state index contributed by atoms with van der Waals surface area (Å²) in [5.41, 5.74) is 0.127. The lowest BCUT2D eigenvalue weighted by Crippen LogP contribution is -2.57. The van der Waals surface area contributed by atoms with E-state index in [1.54, 1.807) is 57.3 Å². The number of sulfone groups is 1. The Kier molecular flexibility index (Phi) is 6.13. The van der Waals surface area contributed by atoms with Gasteiger partial charge in [0.15, 0.2) is 9.84 Å². The lowest BCUT2D eigenvalue weighted by molar-refractivity contribution is 0.0139. The number of ether oxygens (including phenoxy) is 2. The van der Waals surface area contributed by atoms with Crippen LogP contribution in [0.4, 0.5) is 4.79 Å². The van der Waals surface area contributed by atoms with Gasteiger partial charge >= 0.3 is 6.09 Å². The third-order valence-corrected chi connectivity index (χ3v) is 8.91. The number of likely N-dealkylation sites (tertiary alicyclic amines) is 1. The summed E-state index contributed by atoms with van der Waals surface area (Å²) in [6.07, 6.45) is -0.534. The quantitative estimate of drug-likeness (QED) is 0.541. The van der Waals surface area contributed by atoms with Crippen molar-refractivity contribution in [2.45, 2.75) is 62.9 Å². The molecule has 1 aliphatic heterocycles. The molecule has 0 radical (unpaired) electrons. The molecule has 0 aliphatic carbocycles. The van der Waals surface area contributed by atoms with Gasteiger partial charge in [-0.3, -0.25) is 0 Å². The number of hydrogen-bond acceptors (Lipinski definition) is 9. The van der Waals surface area contributed by atoms with Crippen molar-refractivity contribution in [1.82, 2.24) is 19.5 Å². The molecule has 1 fully saturated rings. The van der Waals surface area contributed by atoms with E-state index in [-0.39, 0.29) is 23.7 Å². The zero-order chi connectivity index (χ0) is 25.9. The summed E-state index contributed by atoms with van der Waals surface area (Å²) in [5.74, 6) is 0.221. The number of aryl methyl sites for hydroxylation is 1. The van der Waals surface area contributed by atoms with E-state index in [0.29, 0.717) is 26.9 Å². The highest BCUT2D eigenvalue weighted by Gasteiger charge is 2.43. The lowest BCUT2D eigenvalue weighted by Gasteiger charge is -2.39. The number of imidazole rings is 1. The Morgan fingerprint density at radius 1 is 1.20 bits per heavy atom. The molecule has 1 saturated heterocycles. The topological polar surface area (TPSA) is 123 Å². The van der Waals surface area contributed by atoms with Gasteiger partial charge in [0.1, 0.15) is 32.1 Å². The molecule has 0 bridgehead atoms. The van der Waals surface area contributed by atoms with Crippen LogP contribution in [0.25, 0.3) is 16.2 Å². The molecule has 35 heavy (non-hydrogen) atoms. The molecule has 1 aliphatic rings. The van der Waals surface area contributed by atoms with Gasteiger partial charge in [-0.05, 0) is 59.7 Å². The summed E-state index contributed by atoms with van der Waals surface area (Å²) < 4.78 is 39.4. The summed E-state index contributed by atoms with van der Waals surface area (Å²) in [6.45, 7) is 10.5. The average Bonchev–Trinajstić information content (AvgIpc) is 3.21. The molecule has 1 aromatic carbocycles. The number of methoxy groups -OCH3 is 1. The van der Waals surface area contributed by atoms with Crippen LogP contribution in [0.3, 0.4) is 0 Å². The van der Waals surface area contributed by atoms with E-state index in [1.807, 2.05) is 6.92 Å². The number of benzene rings is 1. The molecule has 3 aromatic rings. The molecule has 4 rings (SSSR count). The zero-order valence-corrected chi connectivity index (χ0v) is 22.5. The Bertz CT molecular complexity index is 1390. The van der Waals surface area contributed by atoms with Crippen molar-refractivity contribution in [1.29, 1.82) is 0 Å². The summed E-state index contributed by atoms with van der Waals surface area (Å²) in [6, 6.07) is 4.92. The van der Waals surface area contributed by atoms with Crippen molar-refractivity contribution in [3.63, 3.8) is 0 Å². The van der Waals surface area contributed by atoms with Crippen LogP contribution in [0.5, 0.6) is 5.75 Å². The Hall–Kier alpha value is -2.70. The molecule has 10 nitrogen and oxygen atoms in total. The van der Waals surface area contributed by atoms with Gasteiger partial charge in [0, 0.05) is 18.7 Å². The second-order valence-electron chi connectivity index (χ2n) is 10.1. The normalized spacial score (nSPS) is 15.4. The maximum absolute atomic E-state index is 13.5. The highest BCUT2D eigenvalue weighted by molar-refractivity contribution is 7.92. The van der Waals surface area contributed by atoms with Crippen LogP contribution >= 0.6 is 11.3 Å². The van der Waals surface area contributed by atoms with Gasteiger partial charge in [0.05, 0.1) is 18.5 Å². The lowest BCUT2D eigenvalue weighted by atomic mass is 10.1. The first kappa shape index (κ1) is 25.4. The predicted octanol–water partition coefficient (Wildman–Crippen LogP) is 3.40. The Labute approximate surface area is 208 Å². The molecular formula is C23H30N4O6S2. The van der Waals surface area contributed by atoms with Gasteiger partial charge in [0.25, 0.3) is 0 Å². The van der Waals surface area contributed by atoms with Crippen LogP contribution in [0.2, 0.25) is 0 Å². The maximum atomic E-state index is 13.5. The first-order chi connectivity index (χ1) is 16.1. The molecule has 1 N–H and O–H groups in total. The van der Waals surface area contributed by atoms with Crippen LogP contribution in [0.1, 0.15) is 45.3 Å². The number of hydrogen-bond donors (Lipinski definition) is 1. The SMILES string of the molecule is COc1ccc(-c2c(C)nc3sc(C(C)(C)O)nn23)cc1S(=O)(=O)C1CN(C(=O)OC(C)(C)C)C1. The fraction of sp³-hybridized carbons (Fsp3) is 0.522. The highest BCUT2D eigenvalue weighted by atomic mass is 32.2. The third-order valence-electron chi connectivity index (χ3n) is 5.58. The number of rotatable bonds is 5. The van der Waals surface area contributed by atoms with Gasteiger partial charge in [-0.1, -0.05) is 11.3 Å². The van der Waals surface area contributed by atoms with Crippen molar-refractivity contribution in [2.24, 2.45) is 0 Å². The van der Waals surface area contributed by atoms with Crippen molar-refractivity contribution >= 4 is 32.2 Å². The van der Waals surface area contributed by atoms with Crippen LogP contribution in [-0.4, -0.2) is 70.2 Å². The molecule has 190 valence electrons. The van der Waals surface area contributed by atoms with E-state index in [2.05, 4.69) is 10.1 Å². The van der Waals surface area contributed by atoms with Gasteiger partial charge in [-0.2, -0.15) is 5.10 Å². The predicted molar refractivity (Wildman–Crippen MR) is 132 cm³/mol. The zero-order valence-electron chi connectivity index (χ0n) is 20.8. The molecule has 3 heterocycles. The van der Waals surface area contributed by atoms with Crippen molar-refractivity contribution in [2.75, 3.05) is 20.2 Å². The number of fused-ring (bicyclic) bond motifs is 1. The van der Waals surface area contributed by atoms with Crippen LogP contribution in [0.15, 0.2) is 23.1 Å². The molecule has 12 heteroatoms. The minimum absolute atomic E-state index is 0.0404. The van der Waals surface area contributed by atoms with Gasteiger partial charge in [-0.15, -0.1) is 0 Å². The maximum Gasteiger partial charge on any atom is 0.410 e. The molecule has 0 unspecified atom stereocenters. The number of carbonyl (C=O) groups is 1. The van der Waals surface area contributed by atoms with Crippen LogP contribution in [0, 0.1) is 6.92 Å². The summed E-state index contributed by atoms with van der Waals surface area (Å²) >= 11 is 1.27. The Morgan fingerprint density at radius 2 is 1.86 bits per heavy atom. The van der Waals surface area contributed by atoms with Crippen molar-refractivity contribution < 1.29 is 27.8 Å². The molecule has 0 spiro atoms. The van der Waals surface area contributed by atoms with E-state index >= 15 is 0 Å².